The number of benzene rings is 1. The molecule has 0 radical (unpaired) electrons. The highest BCUT2D eigenvalue weighted by Gasteiger charge is 2.29. The Morgan fingerprint density at radius 2 is 2.00 bits per heavy atom. The van der Waals surface area contributed by atoms with Crippen molar-refractivity contribution < 1.29 is 9.84 Å². The van der Waals surface area contributed by atoms with Crippen LogP contribution in [-0.4, -0.2) is 23.9 Å². The lowest BCUT2D eigenvalue weighted by Crippen LogP contribution is -2.36. The Morgan fingerprint density at radius 3 is 2.75 bits per heavy atom. The van der Waals surface area contributed by atoms with Crippen molar-refractivity contribution in [2.45, 2.75) is 64.1 Å². The van der Waals surface area contributed by atoms with Gasteiger partial charge in [0.15, 0.2) is 0 Å². The normalized spacial score (nSPS) is 26.6. The van der Waals surface area contributed by atoms with Crippen LogP contribution < -0.4 is 0 Å². The lowest BCUT2D eigenvalue weighted by atomic mass is 9.83. The Bertz CT molecular complexity index is 363. The predicted molar refractivity (Wildman–Crippen MR) is 82.8 cm³/mol. The second-order valence-electron chi connectivity index (χ2n) is 6.03. The fourth-order valence-corrected chi connectivity index (χ4v) is 3.20. The molecule has 112 valence electrons. The molecule has 1 N–H and O–H groups in total. The van der Waals surface area contributed by atoms with Gasteiger partial charge in [0.05, 0.1) is 12.2 Å². The molecule has 0 aliphatic heterocycles. The molecule has 1 aliphatic carbocycles. The summed E-state index contributed by atoms with van der Waals surface area (Å²) >= 11 is 0. The fraction of sp³-hybridized carbons (Fsp3) is 0.667. The van der Waals surface area contributed by atoms with E-state index >= 15 is 0 Å². The summed E-state index contributed by atoms with van der Waals surface area (Å²) in [5.74, 6) is 0.752. The van der Waals surface area contributed by atoms with Crippen molar-refractivity contribution in [1.29, 1.82) is 0 Å². The Labute approximate surface area is 123 Å². The quantitative estimate of drug-likeness (QED) is 0.764. The molecule has 1 aromatic rings. The predicted octanol–water partition coefficient (Wildman–Crippen LogP) is 3.97. The van der Waals surface area contributed by atoms with E-state index in [1.807, 2.05) is 6.07 Å². The number of aliphatic hydroxyl groups is 1. The molecule has 0 heterocycles. The maximum atomic E-state index is 10.0. The van der Waals surface area contributed by atoms with E-state index in [0.29, 0.717) is 0 Å². The van der Waals surface area contributed by atoms with Crippen LogP contribution >= 0.6 is 0 Å². The van der Waals surface area contributed by atoms with Gasteiger partial charge in [0.2, 0.25) is 0 Å². The Hall–Kier alpha value is -0.860. The van der Waals surface area contributed by atoms with E-state index < -0.39 is 0 Å². The first-order valence-corrected chi connectivity index (χ1v) is 8.13. The van der Waals surface area contributed by atoms with Crippen molar-refractivity contribution >= 4 is 0 Å². The molecule has 0 aromatic heterocycles. The number of hydrogen-bond donors (Lipinski definition) is 1. The van der Waals surface area contributed by atoms with Crippen molar-refractivity contribution in [1.82, 2.24) is 0 Å². The van der Waals surface area contributed by atoms with E-state index in [9.17, 15) is 5.11 Å². The highest BCUT2D eigenvalue weighted by molar-refractivity contribution is 5.14. The van der Waals surface area contributed by atoms with Gasteiger partial charge in [0.1, 0.15) is 0 Å². The third-order valence-corrected chi connectivity index (χ3v) is 4.35. The van der Waals surface area contributed by atoms with Crippen LogP contribution in [0.3, 0.4) is 0 Å². The van der Waals surface area contributed by atoms with E-state index in [0.717, 1.165) is 38.2 Å². The summed E-state index contributed by atoms with van der Waals surface area (Å²) in [7, 11) is 0. The molecule has 20 heavy (non-hydrogen) atoms. The minimum absolute atomic E-state index is 0.0658. The zero-order valence-electron chi connectivity index (χ0n) is 12.6. The van der Waals surface area contributed by atoms with Gasteiger partial charge in [-0.25, -0.2) is 0 Å². The van der Waals surface area contributed by atoms with Crippen LogP contribution in [0.2, 0.25) is 0 Å². The van der Waals surface area contributed by atoms with Crippen LogP contribution in [0.1, 0.15) is 51.0 Å². The summed E-state index contributed by atoms with van der Waals surface area (Å²) in [4.78, 5) is 0. The molecule has 2 nitrogen and oxygen atoms in total. The van der Waals surface area contributed by atoms with Crippen molar-refractivity contribution in [3.05, 3.63) is 35.9 Å². The SMILES string of the molecule is CCCC1CCC(O)C(OCCCc2ccccc2)C1. The minimum Gasteiger partial charge on any atom is -0.390 e. The molecule has 1 fully saturated rings. The molecule has 2 heteroatoms. The highest BCUT2D eigenvalue weighted by Crippen LogP contribution is 2.29. The Kier molecular flexibility index (Phi) is 6.55. The summed E-state index contributed by atoms with van der Waals surface area (Å²) in [6.07, 6.45) is 7.54. The van der Waals surface area contributed by atoms with E-state index in [2.05, 4.69) is 31.2 Å². The van der Waals surface area contributed by atoms with Gasteiger partial charge in [-0.2, -0.15) is 0 Å². The molecule has 3 atom stereocenters. The summed E-state index contributed by atoms with van der Waals surface area (Å²) in [6, 6.07) is 10.5. The third-order valence-electron chi connectivity index (χ3n) is 4.35. The Morgan fingerprint density at radius 1 is 1.20 bits per heavy atom. The second kappa shape index (κ2) is 8.43. The first kappa shape index (κ1) is 15.5. The zero-order valence-corrected chi connectivity index (χ0v) is 12.6. The first-order valence-electron chi connectivity index (χ1n) is 8.13. The minimum atomic E-state index is -0.250. The summed E-state index contributed by atoms with van der Waals surface area (Å²) in [6.45, 7) is 3.00. The van der Waals surface area contributed by atoms with Crippen LogP contribution in [0.15, 0.2) is 30.3 Å². The molecule has 1 aromatic carbocycles. The van der Waals surface area contributed by atoms with Gasteiger partial charge in [-0.3, -0.25) is 0 Å². The maximum absolute atomic E-state index is 10.0. The number of hydrogen-bond acceptors (Lipinski definition) is 2. The van der Waals surface area contributed by atoms with Gasteiger partial charge in [0, 0.05) is 6.61 Å². The van der Waals surface area contributed by atoms with E-state index in [1.54, 1.807) is 0 Å². The molecule has 1 saturated carbocycles. The van der Waals surface area contributed by atoms with Gasteiger partial charge in [-0.1, -0.05) is 50.1 Å². The van der Waals surface area contributed by atoms with E-state index in [4.69, 9.17) is 4.74 Å². The van der Waals surface area contributed by atoms with Crippen LogP contribution in [-0.2, 0) is 11.2 Å². The van der Waals surface area contributed by atoms with Crippen molar-refractivity contribution in [2.75, 3.05) is 6.61 Å². The van der Waals surface area contributed by atoms with Crippen LogP contribution in [0.4, 0.5) is 0 Å². The molecule has 0 bridgehead atoms. The molecule has 0 saturated heterocycles. The molecule has 2 rings (SSSR count). The van der Waals surface area contributed by atoms with Crippen molar-refractivity contribution in [3.8, 4) is 0 Å². The Balaban J connectivity index is 1.67. The molecule has 0 spiro atoms. The van der Waals surface area contributed by atoms with Crippen LogP contribution in [0.25, 0.3) is 0 Å². The summed E-state index contributed by atoms with van der Waals surface area (Å²) in [5.41, 5.74) is 1.36. The molecule has 1 aliphatic rings. The van der Waals surface area contributed by atoms with Crippen molar-refractivity contribution in [2.24, 2.45) is 5.92 Å². The van der Waals surface area contributed by atoms with Crippen LogP contribution in [0, 0.1) is 5.92 Å². The first-order chi connectivity index (χ1) is 9.79. The fourth-order valence-electron chi connectivity index (χ4n) is 3.20. The molecule has 0 amide bonds. The smallest absolute Gasteiger partial charge is 0.0836 e. The van der Waals surface area contributed by atoms with Gasteiger partial charge in [-0.15, -0.1) is 0 Å². The average Bonchev–Trinajstić information content (AvgIpc) is 2.48. The number of ether oxygens (including phenoxy) is 1. The largest absolute Gasteiger partial charge is 0.390 e. The second-order valence-corrected chi connectivity index (χ2v) is 6.03. The number of aryl methyl sites for hydroxylation is 1. The summed E-state index contributed by atoms with van der Waals surface area (Å²) in [5, 5.41) is 10.0. The highest BCUT2D eigenvalue weighted by atomic mass is 16.5. The van der Waals surface area contributed by atoms with E-state index in [1.165, 1.54) is 24.8 Å². The van der Waals surface area contributed by atoms with Gasteiger partial charge < -0.3 is 9.84 Å². The van der Waals surface area contributed by atoms with Gasteiger partial charge in [-0.05, 0) is 43.6 Å². The maximum Gasteiger partial charge on any atom is 0.0836 e. The van der Waals surface area contributed by atoms with Crippen LogP contribution in [0.5, 0.6) is 0 Å². The molecule has 3 unspecified atom stereocenters. The zero-order chi connectivity index (χ0) is 14.2. The number of rotatable bonds is 7. The standard InChI is InChI=1S/C18H28O2/c1-2-7-16-11-12-17(19)18(14-16)20-13-6-10-15-8-4-3-5-9-15/h3-5,8-9,16-19H,2,6-7,10-14H2,1H3. The van der Waals surface area contributed by atoms with Gasteiger partial charge in [0.25, 0.3) is 0 Å². The summed E-state index contributed by atoms with van der Waals surface area (Å²) < 4.78 is 5.94. The van der Waals surface area contributed by atoms with Crippen molar-refractivity contribution in [3.63, 3.8) is 0 Å². The van der Waals surface area contributed by atoms with Gasteiger partial charge >= 0.3 is 0 Å². The lowest BCUT2D eigenvalue weighted by molar-refractivity contribution is -0.0725. The van der Waals surface area contributed by atoms with E-state index in [-0.39, 0.29) is 12.2 Å². The average molecular weight is 276 g/mol. The lowest BCUT2D eigenvalue weighted by Gasteiger charge is -2.33. The third kappa shape index (κ3) is 4.92. The monoisotopic (exact) mass is 276 g/mol. The topological polar surface area (TPSA) is 29.5 Å². The molecular formula is C18H28O2. The molecular weight excluding hydrogens is 248 g/mol. The number of aliphatic hydroxyl groups excluding tert-OH is 1.